The highest BCUT2D eigenvalue weighted by atomic mass is 14.9. The van der Waals surface area contributed by atoms with Crippen molar-refractivity contribution in [1.29, 1.82) is 0 Å². The molecule has 2 heterocycles. The molecule has 0 radical (unpaired) electrons. The molecule has 0 unspecified atom stereocenters. The van der Waals surface area contributed by atoms with E-state index in [1.807, 2.05) is 6.07 Å². The largest absolute Gasteiger partial charge is 0.253 e. The maximum absolute atomic E-state index is 4.08. The van der Waals surface area contributed by atoms with Crippen molar-refractivity contribution >= 4 is 0 Å². The molecule has 2 rings (SSSR count). The van der Waals surface area contributed by atoms with Crippen molar-refractivity contribution < 1.29 is 0 Å². The number of nitrogens with zero attached hydrogens (tertiary/aromatic N) is 3. The van der Waals surface area contributed by atoms with E-state index >= 15 is 0 Å². The van der Waals surface area contributed by atoms with Gasteiger partial charge in [-0.05, 0) is 12.1 Å². The molecule has 3 heteroatoms. The van der Waals surface area contributed by atoms with Gasteiger partial charge in [0.2, 0.25) is 0 Å². The summed E-state index contributed by atoms with van der Waals surface area (Å²) < 4.78 is 0. The van der Waals surface area contributed by atoms with Gasteiger partial charge in [0.1, 0.15) is 5.69 Å². The molecule has 0 atom stereocenters. The summed E-state index contributed by atoms with van der Waals surface area (Å²) in [5.41, 5.74) is 0.838. The van der Waals surface area contributed by atoms with Crippen molar-refractivity contribution in [3.63, 3.8) is 0 Å². The van der Waals surface area contributed by atoms with Gasteiger partial charge in [0, 0.05) is 18.6 Å². The zero-order chi connectivity index (χ0) is 6.81. The summed E-state index contributed by atoms with van der Waals surface area (Å²) in [6.45, 7) is 0. The minimum absolute atomic E-state index is 0.699. The Labute approximate surface area is 58.1 Å². The fourth-order valence-corrected chi connectivity index (χ4v) is 0.795. The first kappa shape index (κ1) is 5.29. The van der Waals surface area contributed by atoms with Crippen molar-refractivity contribution in [2.45, 2.75) is 0 Å². The second-order valence-corrected chi connectivity index (χ2v) is 1.90. The van der Waals surface area contributed by atoms with Gasteiger partial charge in [-0.25, -0.2) is 9.97 Å². The molecule has 0 aromatic heterocycles. The lowest BCUT2D eigenvalue weighted by Crippen LogP contribution is -1.76. The van der Waals surface area contributed by atoms with Crippen LogP contribution < -0.4 is 0 Å². The lowest BCUT2D eigenvalue weighted by atomic mass is 10.4. The van der Waals surface area contributed by atoms with Crippen LogP contribution in [0.3, 0.4) is 0 Å². The van der Waals surface area contributed by atoms with E-state index in [0.717, 1.165) is 5.69 Å². The number of fused-ring (bicyclic) bond motifs is 1. The van der Waals surface area contributed by atoms with Crippen LogP contribution >= 0.6 is 0 Å². The van der Waals surface area contributed by atoms with Crippen LogP contribution in [-0.4, -0.2) is 15.0 Å². The van der Waals surface area contributed by atoms with E-state index in [2.05, 4.69) is 15.0 Å². The summed E-state index contributed by atoms with van der Waals surface area (Å²) >= 11 is 0. The molecule has 3 nitrogen and oxygen atoms in total. The van der Waals surface area contributed by atoms with Gasteiger partial charge in [0.05, 0.1) is 0 Å². The first-order valence-electron chi connectivity index (χ1n) is 2.98. The molecule has 0 N–H and O–H groups in total. The van der Waals surface area contributed by atoms with Gasteiger partial charge in [-0.2, -0.15) is 0 Å². The fraction of sp³-hybridized carbons (Fsp3) is 0. The van der Waals surface area contributed by atoms with E-state index in [9.17, 15) is 0 Å². The molecule has 0 fully saturated rings. The molecule has 2 aliphatic rings. The molecular formula is C7H5N3. The molecule has 0 saturated heterocycles. The predicted octanol–water partition coefficient (Wildman–Crippen LogP) is 0.976. The highest BCUT2D eigenvalue weighted by molar-refractivity contribution is 5.49. The van der Waals surface area contributed by atoms with Crippen molar-refractivity contribution in [2.75, 3.05) is 0 Å². The second kappa shape index (κ2) is 2.02. The quantitative estimate of drug-likeness (QED) is 0.534. The average molecular weight is 131 g/mol. The Balaban J connectivity index is 2.74. The van der Waals surface area contributed by atoms with E-state index in [0.29, 0.717) is 5.82 Å². The monoisotopic (exact) mass is 131 g/mol. The first-order valence-corrected chi connectivity index (χ1v) is 2.98. The standard InChI is InChI=1S/C7H5N3/c1-3-8-6-2-5-10-7(6)9-4-1/h1-5H. The molecule has 0 aromatic rings. The zero-order valence-corrected chi connectivity index (χ0v) is 5.23. The Kier molecular flexibility index (Phi) is 1.07. The topological polar surface area (TPSA) is 38.7 Å². The normalized spacial score (nSPS) is 10.0. The van der Waals surface area contributed by atoms with Crippen molar-refractivity contribution in [3.05, 3.63) is 30.7 Å². The fourth-order valence-electron chi connectivity index (χ4n) is 0.795. The molecule has 48 valence electrons. The summed E-state index contributed by atoms with van der Waals surface area (Å²) in [6, 6.07) is 3.62. The maximum Gasteiger partial charge on any atom is 0.178 e. The van der Waals surface area contributed by atoms with Gasteiger partial charge in [-0.3, -0.25) is 4.98 Å². The van der Waals surface area contributed by atoms with Gasteiger partial charge >= 0.3 is 0 Å². The molecule has 0 bridgehead atoms. The molecule has 0 spiro atoms. The zero-order valence-electron chi connectivity index (χ0n) is 5.23. The summed E-state index contributed by atoms with van der Waals surface area (Å²) in [5.74, 6) is 0.699. The summed E-state index contributed by atoms with van der Waals surface area (Å²) in [4.78, 5) is 12.1. The molecule has 2 aliphatic heterocycles. The number of hydrogen-bond donors (Lipinski definition) is 0. The molecular weight excluding hydrogens is 126 g/mol. The third-order valence-electron chi connectivity index (χ3n) is 1.24. The van der Waals surface area contributed by atoms with Crippen LogP contribution in [0.25, 0.3) is 11.5 Å². The van der Waals surface area contributed by atoms with Crippen molar-refractivity contribution in [2.24, 2.45) is 0 Å². The Morgan fingerprint density at radius 3 is 2.70 bits per heavy atom. The van der Waals surface area contributed by atoms with Crippen molar-refractivity contribution in [1.82, 2.24) is 15.0 Å². The Morgan fingerprint density at radius 1 is 0.900 bits per heavy atom. The summed E-state index contributed by atoms with van der Waals surface area (Å²) in [7, 11) is 0. The van der Waals surface area contributed by atoms with E-state index in [-0.39, 0.29) is 0 Å². The lowest BCUT2D eigenvalue weighted by Gasteiger charge is -1.81. The first-order chi connectivity index (χ1) is 4.97. The Bertz CT molecular complexity index is 280. The number of rotatable bonds is 0. The highest BCUT2D eigenvalue weighted by Gasteiger charge is 2.00. The SMILES string of the molecule is c1cnc2ccnc-2nc1. The van der Waals surface area contributed by atoms with Crippen LogP contribution in [0.15, 0.2) is 30.7 Å². The molecule has 0 amide bonds. The van der Waals surface area contributed by atoms with Gasteiger partial charge in [0.15, 0.2) is 5.82 Å². The van der Waals surface area contributed by atoms with E-state index < -0.39 is 0 Å². The van der Waals surface area contributed by atoms with Crippen LogP contribution in [0.5, 0.6) is 0 Å². The Morgan fingerprint density at radius 2 is 1.70 bits per heavy atom. The third-order valence-corrected chi connectivity index (χ3v) is 1.24. The van der Waals surface area contributed by atoms with Crippen LogP contribution in [0.1, 0.15) is 0 Å². The number of hydrogen-bond acceptors (Lipinski definition) is 3. The molecule has 10 heavy (non-hydrogen) atoms. The van der Waals surface area contributed by atoms with Crippen LogP contribution in [-0.2, 0) is 0 Å². The molecule has 0 saturated carbocycles. The highest BCUT2D eigenvalue weighted by Crippen LogP contribution is 2.09. The van der Waals surface area contributed by atoms with Gasteiger partial charge in [0.25, 0.3) is 0 Å². The van der Waals surface area contributed by atoms with Crippen LogP contribution in [0.4, 0.5) is 0 Å². The maximum atomic E-state index is 4.08. The van der Waals surface area contributed by atoms with Crippen molar-refractivity contribution in [3.8, 4) is 11.5 Å². The second-order valence-electron chi connectivity index (χ2n) is 1.90. The minimum Gasteiger partial charge on any atom is -0.253 e. The molecule has 0 aliphatic carbocycles. The number of aromatic nitrogens is 3. The summed E-state index contributed by atoms with van der Waals surface area (Å²) in [6.07, 6.45) is 5.09. The van der Waals surface area contributed by atoms with Gasteiger partial charge in [-0.15, -0.1) is 0 Å². The van der Waals surface area contributed by atoms with E-state index in [4.69, 9.17) is 0 Å². The van der Waals surface area contributed by atoms with Crippen LogP contribution in [0, 0.1) is 0 Å². The lowest BCUT2D eigenvalue weighted by molar-refractivity contribution is 1.23. The molecule has 0 aromatic carbocycles. The van der Waals surface area contributed by atoms with E-state index in [1.165, 1.54) is 0 Å². The Hall–Kier alpha value is -1.51. The smallest absolute Gasteiger partial charge is 0.178 e. The predicted molar refractivity (Wildman–Crippen MR) is 36.4 cm³/mol. The van der Waals surface area contributed by atoms with E-state index in [1.54, 1.807) is 24.7 Å². The third kappa shape index (κ3) is 0.719. The summed E-state index contributed by atoms with van der Waals surface area (Å²) in [5, 5.41) is 0. The van der Waals surface area contributed by atoms with Crippen LogP contribution in [0.2, 0.25) is 0 Å². The minimum atomic E-state index is 0.699. The average Bonchev–Trinajstić information content (AvgIpc) is 2.28. The van der Waals surface area contributed by atoms with Gasteiger partial charge in [-0.1, -0.05) is 0 Å². The van der Waals surface area contributed by atoms with Gasteiger partial charge < -0.3 is 0 Å².